The third kappa shape index (κ3) is 4.77. The van der Waals surface area contributed by atoms with Gasteiger partial charge >= 0.3 is 0 Å². The number of nitrogens with one attached hydrogen (secondary N) is 1. The molecule has 3 aromatic rings. The van der Waals surface area contributed by atoms with E-state index in [1.54, 1.807) is 24.3 Å². The van der Waals surface area contributed by atoms with E-state index in [0.717, 1.165) is 16.7 Å². The predicted octanol–water partition coefficient (Wildman–Crippen LogP) is 3.95. The molecule has 0 fully saturated rings. The Morgan fingerprint density at radius 1 is 1.07 bits per heavy atom. The van der Waals surface area contributed by atoms with E-state index < -0.39 is 11.5 Å². The van der Waals surface area contributed by atoms with Crippen LogP contribution >= 0.6 is 11.6 Å². The molecule has 0 bridgehead atoms. The number of carbonyl (C=O) groups is 1. The first kappa shape index (κ1) is 18.7. The van der Waals surface area contributed by atoms with Crippen LogP contribution in [0.2, 0.25) is 5.02 Å². The van der Waals surface area contributed by atoms with Crippen LogP contribution in [0, 0.1) is 0 Å². The fraction of sp³-hybridized carbons (Fsp3) is 0.143. The number of carbonyl (C=O) groups excluding carboxylic acids is 1. The Bertz CT molecular complexity index is 997. The van der Waals surface area contributed by atoms with Crippen LogP contribution in [0.15, 0.2) is 71.7 Å². The van der Waals surface area contributed by atoms with Gasteiger partial charge in [0.1, 0.15) is 12.2 Å². The van der Waals surface area contributed by atoms with Crippen molar-refractivity contribution in [1.82, 2.24) is 4.73 Å². The number of amides is 1. The summed E-state index contributed by atoms with van der Waals surface area (Å²) in [7, 11) is 0. The molecule has 5 nitrogen and oxygen atoms in total. The van der Waals surface area contributed by atoms with Crippen LogP contribution in [0.4, 0.5) is 5.69 Å². The van der Waals surface area contributed by atoms with Crippen LogP contribution in [-0.2, 0) is 13.0 Å². The van der Waals surface area contributed by atoms with Crippen molar-refractivity contribution in [2.45, 2.75) is 20.0 Å². The number of aryl methyl sites for hydroxylation is 1. The van der Waals surface area contributed by atoms with Gasteiger partial charge in [-0.25, -0.2) is 0 Å². The van der Waals surface area contributed by atoms with Crippen LogP contribution in [-0.4, -0.2) is 10.6 Å². The molecule has 1 aromatic heterocycles. The van der Waals surface area contributed by atoms with Crippen molar-refractivity contribution < 1.29 is 9.63 Å². The van der Waals surface area contributed by atoms with E-state index in [4.69, 9.17) is 16.4 Å². The van der Waals surface area contributed by atoms with Gasteiger partial charge < -0.3 is 10.2 Å². The van der Waals surface area contributed by atoms with Gasteiger partial charge in [-0.05, 0) is 53.9 Å². The second kappa shape index (κ2) is 8.56. The Labute approximate surface area is 162 Å². The fourth-order valence-corrected chi connectivity index (χ4v) is 2.76. The maximum absolute atomic E-state index is 12.5. The summed E-state index contributed by atoms with van der Waals surface area (Å²) in [5, 5.41) is 3.32. The van der Waals surface area contributed by atoms with Crippen LogP contribution < -0.4 is 15.7 Å². The first-order valence-electron chi connectivity index (χ1n) is 8.56. The summed E-state index contributed by atoms with van der Waals surface area (Å²) in [6.07, 6.45) is 2.39. The number of hydrogen-bond acceptors (Lipinski definition) is 3. The largest absolute Gasteiger partial charge is 0.406 e. The summed E-state index contributed by atoms with van der Waals surface area (Å²) in [6.45, 7) is 2.22. The minimum Gasteiger partial charge on any atom is -0.406 e. The molecule has 1 N–H and O–H groups in total. The van der Waals surface area contributed by atoms with Crippen molar-refractivity contribution in [1.29, 1.82) is 0 Å². The molecular formula is C21H19ClN2O3. The predicted molar refractivity (Wildman–Crippen MR) is 106 cm³/mol. The van der Waals surface area contributed by atoms with Gasteiger partial charge in [-0.1, -0.05) is 42.8 Å². The smallest absolute Gasteiger partial charge is 0.295 e. The van der Waals surface area contributed by atoms with E-state index in [0.29, 0.717) is 10.7 Å². The molecule has 1 heterocycles. The summed E-state index contributed by atoms with van der Waals surface area (Å²) in [6, 6.07) is 17.7. The lowest BCUT2D eigenvalue weighted by atomic mass is 10.1. The molecule has 0 radical (unpaired) electrons. The number of benzene rings is 2. The Morgan fingerprint density at radius 2 is 1.85 bits per heavy atom. The molecule has 0 spiro atoms. The highest BCUT2D eigenvalue weighted by Crippen LogP contribution is 2.12. The van der Waals surface area contributed by atoms with Crippen molar-refractivity contribution in [3.8, 4) is 0 Å². The molecule has 0 saturated heterocycles. The molecule has 138 valence electrons. The first-order valence-corrected chi connectivity index (χ1v) is 8.94. The van der Waals surface area contributed by atoms with Gasteiger partial charge in [0.25, 0.3) is 11.5 Å². The zero-order chi connectivity index (χ0) is 19.2. The molecule has 0 saturated carbocycles. The summed E-state index contributed by atoms with van der Waals surface area (Å²) in [5.74, 6) is -0.482. The summed E-state index contributed by atoms with van der Waals surface area (Å²) in [4.78, 5) is 30.5. The standard InChI is InChI=1S/C21H19ClN2O3/c1-2-15-8-10-18(11-9-15)23-20(25)19-7-4-12-24(21(19)26)27-14-16-5-3-6-17(22)13-16/h3-13H,2,14H2,1H3,(H,23,25). The van der Waals surface area contributed by atoms with Crippen molar-refractivity contribution in [3.05, 3.63) is 98.9 Å². The van der Waals surface area contributed by atoms with Gasteiger partial charge in [-0.3, -0.25) is 9.59 Å². The van der Waals surface area contributed by atoms with Crippen molar-refractivity contribution in [2.24, 2.45) is 0 Å². The number of rotatable bonds is 6. The van der Waals surface area contributed by atoms with Gasteiger partial charge in [-0.2, -0.15) is 4.73 Å². The number of anilines is 1. The van der Waals surface area contributed by atoms with E-state index in [1.807, 2.05) is 30.3 Å². The second-order valence-electron chi connectivity index (χ2n) is 5.96. The lowest BCUT2D eigenvalue weighted by Crippen LogP contribution is -2.32. The van der Waals surface area contributed by atoms with E-state index in [9.17, 15) is 9.59 Å². The quantitative estimate of drug-likeness (QED) is 0.702. The molecule has 0 unspecified atom stereocenters. The first-order chi connectivity index (χ1) is 13.1. The Kier molecular flexibility index (Phi) is 5.94. The summed E-state index contributed by atoms with van der Waals surface area (Å²) >= 11 is 5.94. The van der Waals surface area contributed by atoms with Crippen LogP contribution in [0.3, 0.4) is 0 Å². The van der Waals surface area contributed by atoms with Crippen molar-refractivity contribution in [3.63, 3.8) is 0 Å². The van der Waals surface area contributed by atoms with Gasteiger partial charge in [0.2, 0.25) is 0 Å². The number of pyridine rings is 1. The molecule has 0 aliphatic rings. The summed E-state index contributed by atoms with van der Waals surface area (Å²) < 4.78 is 1.05. The number of aromatic nitrogens is 1. The second-order valence-corrected chi connectivity index (χ2v) is 6.40. The topological polar surface area (TPSA) is 60.3 Å². The molecule has 3 rings (SSSR count). The maximum atomic E-state index is 12.5. The average Bonchev–Trinajstić information content (AvgIpc) is 2.68. The van der Waals surface area contributed by atoms with Gasteiger partial charge in [-0.15, -0.1) is 0 Å². The molecule has 2 aromatic carbocycles. The fourth-order valence-electron chi connectivity index (χ4n) is 2.54. The molecule has 0 aliphatic carbocycles. The SMILES string of the molecule is CCc1ccc(NC(=O)c2cccn(OCc3cccc(Cl)c3)c2=O)cc1. The Balaban J connectivity index is 1.73. The normalized spacial score (nSPS) is 10.4. The molecule has 0 aliphatic heterocycles. The van der Waals surface area contributed by atoms with Gasteiger partial charge in [0, 0.05) is 16.9 Å². The minimum atomic E-state index is -0.526. The zero-order valence-corrected chi connectivity index (χ0v) is 15.6. The lowest BCUT2D eigenvalue weighted by molar-refractivity contribution is 0.0863. The van der Waals surface area contributed by atoms with E-state index in [-0.39, 0.29) is 12.2 Å². The van der Waals surface area contributed by atoms with E-state index in [2.05, 4.69) is 12.2 Å². The maximum Gasteiger partial charge on any atom is 0.295 e. The third-order valence-electron chi connectivity index (χ3n) is 4.04. The molecular weight excluding hydrogens is 364 g/mol. The highest BCUT2D eigenvalue weighted by Gasteiger charge is 2.13. The van der Waals surface area contributed by atoms with Crippen LogP contribution in [0.25, 0.3) is 0 Å². The van der Waals surface area contributed by atoms with Crippen molar-refractivity contribution >= 4 is 23.2 Å². The van der Waals surface area contributed by atoms with E-state index >= 15 is 0 Å². The average molecular weight is 383 g/mol. The zero-order valence-electron chi connectivity index (χ0n) is 14.8. The molecule has 0 atom stereocenters. The van der Waals surface area contributed by atoms with Crippen LogP contribution in [0.5, 0.6) is 0 Å². The number of halogens is 1. The lowest BCUT2D eigenvalue weighted by Gasteiger charge is -2.10. The van der Waals surface area contributed by atoms with Gasteiger partial charge in [0.05, 0.1) is 0 Å². The monoisotopic (exact) mass is 382 g/mol. The third-order valence-corrected chi connectivity index (χ3v) is 4.27. The molecule has 6 heteroatoms. The summed E-state index contributed by atoms with van der Waals surface area (Å²) in [5.41, 5.74) is 2.10. The van der Waals surface area contributed by atoms with E-state index in [1.165, 1.54) is 17.8 Å². The highest BCUT2D eigenvalue weighted by atomic mass is 35.5. The van der Waals surface area contributed by atoms with Crippen molar-refractivity contribution in [2.75, 3.05) is 5.32 Å². The number of nitrogens with zero attached hydrogens (tertiary/aromatic N) is 1. The molecule has 27 heavy (non-hydrogen) atoms. The number of hydrogen-bond donors (Lipinski definition) is 1. The molecule has 1 amide bonds. The van der Waals surface area contributed by atoms with Crippen LogP contribution in [0.1, 0.15) is 28.4 Å². The highest BCUT2D eigenvalue weighted by molar-refractivity contribution is 6.30. The van der Waals surface area contributed by atoms with Gasteiger partial charge in [0.15, 0.2) is 0 Å². The Morgan fingerprint density at radius 3 is 2.56 bits per heavy atom. The minimum absolute atomic E-state index is 0.00293. The Hall–Kier alpha value is -3.05.